The molecule has 0 bridgehead atoms. The number of carbonyl (C=O) groups is 1. The van der Waals surface area contributed by atoms with E-state index in [9.17, 15) is 9.18 Å². The summed E-state index contributed by atoms with van der Waals surface area (Å²) in [6, 6.07) is 4.23. The topological polar surface area (TPSA) is 89.1 Å². The molecule has 0 fully saturated rings. The van der Waals surface area contributed by atoms with Crippen molar-refractivity contribution in [3.63, 3.8) is 0 Å². The van der Waals surface area contributed by atoms with Crippen LogP contribution in [-0.4, -0.2) is 18.1 Å². The highest BCUT2D eigenvalue weighted by Gasteiger charge is 2.03. The Morgan fingerprint density at radius 2 is 2.33 bits per heavy atom. The molecule has 96 valence electrons. The predicted molar refractivity (Wildman–Crippen MR) is 65.5 cm³/mol. The molecule has 0 spiro atoms. The number of nitrogens with zero attached hydrogens (tertiary/aromatic N) is 2. The van der Waals surface area contributed by atoms with Gasteiger partial charge >= 0.3 is 5.97 Å². The number of nitrogens with two attached hydrogens (primary N) is 1. The first kappa shape index (κ1) is 13.9. The second-order valence-electron chi connectivity index (χ2n) is 3.06. The van der Waals surface area contributed by atoms with Crippen LogP contribution in [0.5, 0.6) is 0 Å². The van der Waals surface area contributed by atoms with Crippen LogP contribution in [0.3, 0.4) is 0 Å². The van der Waals surface area contributed by atoms with Crippen LogP contribution in [0.15, 0.2) is 28.5 Å². The van der Waals surface area contributed by atoms with Crippen molar-refractivity contribution in [3.8, 4) is 0 Å². The van der Waals surface area contributed by atoms with Crippen LogP contribution >= 0.6 is 11.6 Å². The van der Waals surface area contributed by atoms with E-state index in [1.807, 2.05) is 0 Å². The number of oxime groups is 1. The summed E-state index contributed by atoms with van der Waals surface area (Å²) in [7, 11) is 0. The van der Waals surface area contributed by atoms with Crippen molar-refractivity contribution in [2.45, 2.75) is 6.92 Å². The van der Waals surface area contributed by atoms with Gasteiger partial charge in [0.15, 0.2) is 0 Å². The minimum absolute atomic E-state index is 0.104. The smallest absolute Gasteiger partial charge is 0.332 e. The first-order valence-corrected chi connectivity index (χ1v) is 5.12. The van der Waals surface area contributed by atoms with Crippen LogP contribution in [0, 0.1) is 5.82 Å². The first-order valence-electron chi connectivity index (χ1n) is 4.75. The standard InChI is InChI=1S/C10H10ClFN4O2/c1-6(17)18-16-10(13)15-14-5-7-8(11)3-2-4-9(7)12/h2-5H,1H3,(H3,13,15,16)/b14-5+. The Balaban J connectivity index is 2.65. The molecule has 8 heteroatoms. The molecule has 3 N–H and O–H groups in total. The molecule has 0 saturated heterocycles. The highest BCUT2D eigenvalue weighted by atomic mass is 35.5. The number of hydrogen-bond acceptors (Lipinski definition) is 4. The number of carbonyl (C=O) groups excluding carboxylic acids is 1. The lowest BCUT2D eigenvalue weighted by atomic mass is 10.2. The fourth-order valence-corrected chi connectivity index (χ4v) is 1.14. The molecule has 1 aromatic carbocycles. The second-order valence-corrected chi connectivity index (χ2v) is 3.47. The maximum atomic E-state index is 13.3. The normalized spacial score (nSPS) is 11.6. The molecule has 0 saturated carbocycles. The molecule has 0 unspecified atom stereocenters. The monoisotopic (exact) mass is 272 g/mol. The van der Waals surface area contributed by atoms with E-state index in [0.717, 1.165) is 6.21 Å². The van der Waals surface area contributed by atoms with Crippen molar-refractivity contribution in [3.05, 3.63) is 34.6 Å². The Morgan fingerprint density at radius 1 is 1.61 bits per heavy atom. The average molecular weight is 273 g/mol. The van der Waals surface area contributed by atoms with Crippen LogP contribution in [0.2, 0.25) is 5.02 Å². The summed E-state index contributed by atoms with van der Waals surface area (Å²) in [6.45, 7) is 1.17. The van der Waals surface area contributed by atoms with Gasteiger partial charge in [-0.2, -0.15) is 5.10 Å². The zero-order chi connectivity index (χ0) is 13.5. The largest absolute Gasteiger partial charge is 0.366 e. The Kier molecular flexibility index (Phi) is 5.06. The number of hydrazone groups is 1. The number of halogens is 2. The van der Waals surface area contributed by atoms with E-state index in [2.05, 4.69) is 20.5 Å². The van der Waals surface area contributed by atoms with E-state index in [4.69, 9.17) is 17.3 Å². The Morgan fingerprint density at radius 3 is 2.94 bits per heavy atom. The number of guanidine groups is 1. The number of nitrogens with one attached hydrogen (secondary N) is 1. The molecule has 1 aromatic rings. The Labute approximate surface area is 107 Å². The third kappa shape index (κ3) is 4.38. The van der Waals surface area contributed by atoms with Gasteiger partial charge in [0.2, 0.25) is 0 Å². The molecule has 0 heterocycles. The van der Waals surface area contributed by atoms with Crippen LogP contribution in [0.25, 0.3) is 0 Å². The van der Waals surface area contributed by atoms with Gasteiger partial charge < -0.3 is 10.6 Å². The minimum atomic E-state index is -0.624. The first-order chi connectivity index (χ1) is 8.50. The van der Waals surface area contributed by atoms with Gasteiger partial charge in [-0.05, 0) is 17.3 Å². The lowest BCUT2D eigenvalue weighted by Crippen LogP contribution is -2.27. The maximum Gasteiger partial charge on any atom is 0.332 e. The van der Waals surface area contributed by atoms with Gasteiger partial charge in [0.05, 0.1) is 11.2 Å². The predicted octanol–water partition coefficient (Wildman–Crippen LogP) is 1.20. The summed E-state index contributed by atoms with van der Waals surface area (Å²) in [5, 5.41) is 6.99. The molecule has 0 atom stereocenters. The lowest BCUT2D eigenvalue weighted by molar-refractivity contribution is -0.141. The second kappa shape index (κ2) is 6.55. The van der Waals surface area contributed by atoms with Gasteiger partial charge in [-0.1, -0.05) is 17.7 Å². The van der Waals surface area contributed by atoms with Gasteiger partial charge in [0.1, 0.15) is 5.82 Å². The number of rotatable bonds is 3. The van der Waals surface area contributed by atoms with Gasteiger partial charge in [0.25, 0.3) is 5.96 Å². The van der Waals surface area contributed by atoms with E-state index in [0.29, 0.717) is 0 Å². The van der Waals surface area contributed by atoms with Crippen molar-refractivity contribution < 1.29 is 14.0 Å². The summed E-state index contributed by atoms with van der Waals surface area (Å²) >= 11 is 5.76. The SMILES string of the molecule is CC(=O)O/N=C(\N)N/N=C/c1c(F)cccc1Cl. The van der Waals surface area contributed by atoms with Crippen molar-refractivity contribution >= 4 is 29.7 Å². The molecule has 1 rings (SSSR count). The Bertz CT molecular complexity index is 484. The minimum Gasteiger partial charge on any atom is -0.366 e. The van der Waals surface area contributed by atoms with Crippen LogP contribution in [0.4, 0.5) is 4.39 Å². The molecule has 0 aliphatic rings. The summed E-state index contributed by atoms with van der Waals surface area (Å²) in [5.74, 6) is -1.40. The highest BCUT2D eigenvalue weighted by Crippen LogP contribution is 2.16. The quantitative estimate of drug-likeness (QED) is 0.374. The summed E-state index contributed by atoms with van der Waals surface area (Å²) in [5.41, 5.74) is 7.62. The van der Waals surface area contributed by atoms with Crippen LogP contribution in [0.1, 0.15) is 12.5 Å². The number of hydrogen-bond donors (Lipinski definition) is 2. The van der Waals surface area contributed by atoms with Gasteiger partial charge in [-0.3, -0.25) is 0 Å². The van der Waals surface area contributed by atoms with Crippen molar-refractivity contribution in [1.82, 2.24) is 5.43 Å². The molecule has 0 amide bonds. The molecule has 6 nitrogen and oxygen atoms in total. The zero-order valence-corrected chi connectivity index (χ0v) is 10.1. The van der Waals surface area contributed by atoms with E-state index in [1.165, 1.54) is 25.1 Å². The fraction of sp³-hybridized carbons (Fsp3) is 0.100. The zero-order valence-electron chi connectivity index (χ0n) is 9.35. The third-order valence-corrected chi connectivity index (χ3v) is 1.97. The van der Waals surface area contributed by atoms with Gasteiger partial charge in [-0.15, -0.1) is 0 Å². The summed E-state index contributed by atoms with van der Waals surface area (Å²) in [6.07, 6.45) is 1.13. The fourth-order valence-electron chi connectivity index (χ4n) is 0.931. The third-order valence-electron chi connectivity index (χ3n) is 1.65. The molecular formula is C10H10ClFN4O2. The maximum absolute atomic E-state index is 13.3. The number of benzene rings is 1. The van der Waals surface area contributed by atoms with Crippen molar-refractivity contribution in [2.75, 3.05) is 0 Å². The molecule has 0 aliphatic carbocycles. The summed E-state index contributed by atoms with van der Waals surface area (Å²) < 4.78 is 13.3. The van der Waals surface area contributed by atoms with Gasteiger partial charge in [-0.25, -0.2) is 14.6 Å². The summed E-state index contributed by atoms with van der Waals surface area (Å²) in [4.78, 5) is 14.7. The molecule has 0 aromatic heterocycles. The molecule has 0 radical (unpaired) electrons. The van der Waals surface area contributed by atoms with Gasteiger partial charge in [0, 0.05) is 12.5 Å². The molecule has 0 aliphatic heterocycles. The van der Waals surface area contributed by atoms with E-state index in [-0.39, 0.29) is 16.5 Å². The van der Waals surface area contributed by atoms with Crippen molar-refractivity contribution in [1.29, 1.82) is 0 Å². The van der Waals surface area contributed by atoms with E-state index >= 15 is 0 Å². The highest BCUT2D eigenvalue weighted by molar-refractivity contribution is 6.33. The lowest BCUT2D eigenvalue weighted by Gasteiger charge is -2.00. The van der Waals surface area contributed by atoms with E-state index < -0.39 is 11.8 Å². The average Bonchev–Trinajstić information content (AvgIpc) is 2.30. The van der Waals surface area contributed by atoms with Crippen LogP contribution in [-0.2, 0) is 9.63 Å². The van der Waals surface area contributed by atoms with Crippen molar-refractivity contribution in [2.24, 2.45) is 16.0 Å². The van der Waals surface area contributed by atoms with E-state index in [1.54, 1.807) is 0 Å². The molecule has 18 heavy (non-hydrogen) atoms. The Hall–Kier alpha value is -2.15. The molecular weight excluding hydrogens is 263 g/mol. The van der Waals surface area contributed by atoms with Crippen LogP contribution < -0.4 is 11.2 Å².